The first-order valence-corrected chi connectivity index (χ1v) is 4.51. The maximum Gasteiger partial charge on any atom is 0.189 e. The number of nitrogens with zero attached hydrogens (tertiary/aromatic N) is 2. The lowest BCUT2D eigenvalue weighted by Gasteiger charge is -2.05. The van der Waals surface area contributed by atoms with Crippen molar-refractivity contribution in [3.63, 3.8) is 0 Å². The Hall–Kier alpha value is -0.850. The van der Waals surface area contributed by atoms with E-state index in [0.717, 1.165) is 0 Å². The fourth-order valence-corrected chi connectivity index (χ4v) is 1.07. The summed E-state index contributed by atoms with van der Waals surface area (Å²) < 4.78 is 0. The predicted octanol–water partition coefficient (Wildman–Crippen LogP) is -0.0236. The van der Waals surface area contributed by atoms with Crippen molar-refractivity contribution in [3.05, 3.63) is 11.8 Å². The molecule has 6 heteroatoms. The number of nitrogens with one attached hydrogen (secondary N) is 1. The summed E-state index contributed by atoms with van der Waals surface area (Å²) >= 11 is 1.42. The summed E-state index contributed by atoms with van der Waals surface area (Å²) in [5.41, 5.74) is 2.99. The van der Waals surface area contributed by atoms with Gasteiger partial charge in [-0.05, 0) is 6.26 Å². The normalized spacial score (nSPS) is 9.92. The molecule has 0 bridgehead atoms. The summed E-state index contributed by atoms with van der Waals surface area (Å²) in [6, 6.07) is 0. The van der Waals surface area contributed by atoms with E-state index in [4.69, 9.17) is 10.9 Å². The van der Waals surface area contributed by atoms with Gasteiger partial charge in [-0.3, -0.25) is 0 Å². The van der Waals surface area contributed by atoms with Gasteiger partial charge in [0.1, 0.15) is 5.82 Å². The third-order valence-electron chi connectivity index (χ3n) is 1.33. The standard InChI is InChI=1S/C6H10N4OS/c1-12-6-8-2-4(3-11)5(9-6)10-7/h2,11H,3,7H2,1H3,(H,8,9,10). The molecule has 0 aliphatic heterocycles. The lowest BCUT2D eigenvalue weighted by atomic mass is 10.3. The van der Waals surface area contributed by atoms with Gasteiger partial charge >= 0.3 is 0 Å². The van der Waals surface area contributed by atoms with Gasteiger partial charge in [0.25, 0.3) is 0 Å². The highest BCUT2D eigenvalue weighted by molar-refractivity contribution is 7.98. The topological polar surface area (TPSA) is 84.1 Å². The molecule has 0 aliphatic rings. The maximum absolute atomic E-state index is 8.83. The average molecular weight is 186 g/mol. The minimum atomic E-state index is -0.117. The van der Waals surface area contributed by atoms with Crippen LogP contribution in [0.3, 0.4) is 0 Å². The quantitative estimate of drug-likeness (QED) is 0.266. The third kappa shape index (κ3) is 1.84. The number of aliphatic hydroxyl groups is 1. The molecule has 0 aliphatic carbocycles. The lowest BCUT2D eigenvalue weighted by Crippen LogP contribution is -2.12. The molecule has 1 rings (SSSR count). The van der Waals surface area contributed by atoms with Gasteiger partial charge in [-0.15, -0.1) is 0 Å². The van der Waals surface area contributed by atoms with Crippen LogP contribution in [0.25, 0.3) is 0 Å². The van der Waals surface area contributed by atoms with Crippen LogP contribution in [0.5, 0.6) is 0 Å². The Morgan fingerprint density at radius 1 is 1.75 bits per heavy atom. The number of hydrazine groups is 1. The van der Waals surface area contributed by atoms with Crippen LogP contribution in [0.1, 0.15) is 5.56 Å². The summed E-state index contributed by atoms with van der Waals surface area (Å²) in [7, 11) is 0. The molecular formula is C6H10N4OS. The monoisotopic (exact) mass is 186 g/mol. The Morgan fingerprint density at radius 3 is 3.00 bits per heavy atom. The van der Waals surface area contributed by atoms with Gasteiger partial charge in [0.2, 0.25) is 0 Å². The number of rotatable bonds is 3. The van der Waals surface area contributed by atoms with E-state index in [-0.39, 0.29) is 6.61 Å². The Bertz CT molecular complexity index is 268. The number of anilines is 1. The van der Waals surface area contributed by atoms with Crippen molar-refractivity contribution < 1.29 is 5.11 Å². The highest BCUT2D eigenvalue weighted by Gasteiger charge is 2.03. The second-order valence-electron chi connectivity index (χ2n) is 2.03. The molecule has 1 aromatic rings. The third-order valence-corrected chi connectivity index (χ3v) is 1.89. The minimum Gasteiger partial charge on any atom is -0.391 e. The number of aromatic nitrogens is 2. The predicted molar refractivity (Wildman–Crippen MR) is 47.5 cm³/mol. The van der Waals surface area contributed by atoms with E-state index in [1.807, 2.05) is 6.26 Å². The molecule has 0 aromatic carbocycles. The number of nitrogen functional groups attached to an aromatic ring is 1. The average Bonchev–Trinajstić information content (AvgIpc) is 2.16. The summed E-state index contributed by atoms with van der Waals surface area (Å²) in [4.78, 5) is 8.01. The molecule has 0 spiro atoms. The van der Waals surface area contributed by atoms with E-state index >= 15 is 0 Å². The zero-order valence-electron chi connectivity index (χ0n) is 6.61. The molecule has 1 heterocycles. The first kappa shape index (κ1) is 9.24. The molecule has 5 nitrogen and oxygen atoms in total. The minimum absolute atomic E-state index is 0.117. The molecule has 0 fully saturated rings. The highest BCUT2D eigenvalue weighted by Crippen LogP contribution is 2.14. The van der Waals surface area contributed by atoms with E-state index < -0.39 is 0 Å². The van der Waals surface area contributed by atoms with Crippen molar-refractivity contribution in [3.8, 4) is 0 Å². The molecule has 66 valence electrons. The molecule has 4 N–H and O–H groups in total. The molecule has 0 atom stereocenters. The Labute approximate surface area is 74.4 Å². The highest BCUT2D eigenvalue weighted by atomic mass is 32.2. The largest absolute Gasteiger partial charge is 0.391 e. The van der Waals surface area contributed by atoms with Gasteiger partial charge in [0.15, 0.2) is 5.16 Å². The van der Waals surface area contributed by atoms with Crippen molar-refractivity contribution in [1.82, 2.24) is 9.97 Å². The SMILES string of the molecule is CSc1ncc(CO)c(NN)n1. The van der Waals surface area contributed by atoms with Gasteiger partial charge in [0.05, 0.1) is 6.61 Å². The van der Waals surface area contributed by atoms with Gasteiger partial charge in [-0.1, -0.05) is 11.8 Å². The number of nitrogens with two attached hydrogens (primary N) is 1. The second kappa shape index (κ2) is 4.24. The zero-order chi connectivity index (χ0) is 8.97. The maximum atomic E-state index is 8.83. The van der Waals surface area contributed by atoms with Crippen molar-refractivity contribution in [1.29, 1.82) is 0 Å². The summed E-state index contributed by atoms with van der Waals surface area (Å²) in [6.45, 7) is -0.117. The summed E-state index contributed by atoms with van der Waals surface area (Å²) in [5, 5.41) is 9.46. The molecule has 1 aromatic heterocycles. The van der Waals surface area contributed by atoms with Crippen molar-refractivity contribution >= 4 is 17.6 Å². The Morgan fingerprint density at radius 2 is 2.50 bits per heavy atom. The van der Waals surface area contributed by atoms with Crippen LogP contribution in [-0.2, 0) is 6.61 Å². The smallest absolute Gasteiger partial charge is 0.189 e. The van der Waals surface area contributed by atoms with Crippen LogP contribution in [0.15, 0.2) is 11.4 Å². The van der Waals surface area contributed by atoms with Crippen LogP contribution < -0.4 is 11.3 Å². The van der Waals surface area contributed by atoms with E-state index in [1.54, 1.807) is 6.20 Å². The molecular weight excluding hydrogens is 176 g/mol. The van der Waals surface area contributed by atoms with Crippen LogP contribution >= 0.6 is 11.8 Å². The van der Waals surface area contributed by atoms with E-state index in [1.165, 1.54) is 11.8 Å². The van der Waals surface area contributed by atoms with E-state index in [9.17, 15) is 0 Å². The zero-order valence-corrected chi connectivity index (χ0v) is 7.43. The molecule has 0 radical (unpaired) electrons. The first-order valence-electron chi connectivity index (χ1n) is 3.29. The van der Waals surface area contributed by atoms with Gasteiger partial charge in [-0.25, -0.2) is 15.8 Å². The number of hydrogen-bond acceptors (Lipinski definition) is 6. The number of hydrogen-bond donors (Lipinski definition) is 3. The van der Waals surface area contributed by atoms with Crippen LogP contribution in [0.2, 0.25) is 0 Å². The first-order chi connectivity index (χ1) is 5.81. The Balaban J connectivity index is 3.02. The fourth-order valence-electron chi connectivity index (χ4n) is 0.730. The van der Waals surface area contributed by atoms with Gasteiger partial charge < -0.3 is 10.5 Å². The second-order valence-corrected chi connectivity index (χ2v) is 2.81. The van der Waals surface area contributed by atoms with E-state index in [2.05, 4.69) is 15.4 Å². The molecule has 0 saturated heterocycles. The van der Waals surface area contributed by atoms with E-state index in [0.29, 0.717) is 16.5 Å². The molecule has 0 unspecified atom stereocenters. The van der Waals surface area contributed by atoms with Crippen LogP contribution in [0.4, 0.5) is 5.82 Å². The number of thioether (sulfide) groups is 1. The van der Waals surface area contributed by atoms with Crippen molar-refractivity contribution in [2.24, 2.45) is 5.84 Å². The lowest BCUT2D eigenvalue weighted by molar-refractivity contribution is 0.281. The van der Waals surface area contributed by atoms with Crippen molar-refractivity contribution in [2.75, 3.05) is 11.7 Å². The Kier molecular flexibility index (Phi) is 3.27. The van der Waals surface area contributed by atoms with Gasteiger partial charge in [0, 0.05) is 11.8 Å². The molecule has 12 heavy (non-hydrogen) atoms. The number of aliphatic hydroxyl groups excluding tert-OH is 1. The molecule has 0 amide bonds. The van der Waals surface area contributed by atoms with Crippen LogP contribution in [0, 0.1) is 0 Å². The molecule has 0 saturated carbocycles. The van der Waals surface area contributed by atoms with Crippen molar-refractivity contribution in [2.45, 2.75) is 11.8 Å². The fraction of sp³-hybridized carbons (Fsp3) is 0.333. The summed E-state index contributed by atoms with van der Waals surface area (Å²) in [6.07, 6.45) is 3.42. The van der Waals surface area contributed by atoms with Crippen LogP contribution in [-0.4, -0.2) is 21.3 Å². The summed E-state index contributed by atoms with van der Waals surface area (Å²) in [5.74, 6) is 5.66. The van der Waals surface area contributed by atoms with Gasteiger partial charge in [-0.2, -0.15) is 0 Å².